The smallest absolute Gasteiger partial charge is 0.219 e. The van der Waals surface area contributed by atoms with E-state index in [4.69, 9.17) is 11.6 Å². The summed E-state index contributed by atoms with van der Waals surface area (Å²) in [6, 6.07) is 0. The van der Waals surface area contributed by atoms with E-state index in [0.29, 0.717) is 12.3 Å². The summed E-state index contributed by atoms with van der Waals surface area (Å²) in [7, 11) is 0. The molecule has 0 aromatic carbocycles. The Morgan fingerprint density at radius 3 is 2.94 bits per heavy atom. The molecule has 17 heavy (non-hydrogen) atoms. The van der Waals surface area contributed by atoms with Crippen LogP contribution in [-0.2, 0) is 11.2 Å². The second-order valence-corrected chi connectivity index (χ2v) is 4.50. The van der Waals surface area contributed by atoms with Crippen molar-refractivity contribution in [1.29, 1.82) is 0 Å². The van der Waals surface area contributed by atoms with Crippen molar-refractivity contribution in [2.75, 3.05) is 12.4 Å². The van der Waals surface area contributed by atoms with Crippen LogP contribution in [0.2, 0.25) is 0 Å². The third-order valence-corrected chi connectivity index (χ3v) is 2.93. The van der Waals surface area contributed by atoms with Gasteiger partial charge in [-0.3, -0.25) is 9.89 Å². The first-order valence-electron chi connectivity index (χ1n) is 6.05. The Hall–Kier alpha value is -1.03. The number of amides is 1. The number of unbranched alkanes of at least 4 members (excludes halogenated alkanes) is 1. The monoisotopic (exact) mass is 257 g/mol. The predicted molar refractivity (Wildman–Crippen MR) is 69.2 cm³/mol. The van der Waals surface area contributed by atoms with Gasteiger partial charge in [-0.1, -0.05) is 0 Å². The molecule has 4 nitrogen and oxygen atoms in total. The van der Waals surface area contributed by atoms with E-state index in [1.54, 1.807) is 0 Å². The summed E-state index contributed by atoms with van der Waals surface area (Å²) in [6.45, 7) is 2.73. The van der Waals surface area contributed by atoms with Crippen LogP contribution in [0.5, 0.6) is 0 Å². The zero-order valence-corrected chi connectivity index (χ0v) is 11.0. The zero-order valence-electron chi connectivity index (χ0n) is 10.3. The number of aromatic nitrogens is 2. The van der Waals surface area contributed by atoms with E-state index >= 15 is 0 Å². The lowest BCUT2D eigenvalue weighted by Gasteiger charge is -2.04. The van der Waals surface area contributed by atoms with Crippen molar-refractivity contribution in [2.24, 2.45) is 0 Å². The summed E-state index contributed by atoms with van der Waals surface area (Å²) < 4.78 is 0. The molecule has 0 aliphatic heterocycles. The maximum absolute atomic E-state index is 11.4. The Balaban J connectivity index is 2.04. The van der Waals surface area contributed by atoms with Crippen LogP contribution >= 0.6 is 11.6 Å². The molecule has 0 saturated carbocycles. The van der Waals surface area contributed by atoms with Crippen LogP contribution in [-0.4, -0.2) is 28.5 Å². The number of aromatic amines is 1. The molecular formula is C12H20ClN3O. The lowest BCUT2D eigenvalue weighted by atomic mass is 10.1. The number of halogens is 1. The van der Waals surface area contributed by atoms with Gasteiger partial charge in [0, 0.05) is 24.5 Å². The minimum atomic E-state index is 0.124. The van der Waals surface area contributed by atoms with Crippen molar-refractivity contribution in [1.82, 2.24) is 15.5 Å². The highest BCUT2D eigenvalue weighted by molar-refractivity contribution is 6.17. The van der Waals surface area contributed by atoms with Crippen LogP contribution < -0.4 is 5.32 Å². The number of hydrogen-bond donors (Lipinski definition) is 2. The Morgan fingerprint density at radius 2 is 2.29 bits per heavy atom. The third kappa shape index (κ3) is 5.73. The number of rotatable bonds is 8. The number of hydrogen-bond acceptors (Lipinski definition) is 2. The lowest BCUT2D eigenvalue weighted by Crippen LogP contribution is -2.24. The SMILES string of the molecule is Cc1[nH]ncc1CCCNC(=O)CCCCCl. The topological polar surface area (TPSA) is 57.8 Å². The van der Waals surface area contributed by atoms with Gasteiger partial charge in [-0.05, 0) is 38.2 Å². The summed E-state index contributed by atoms with van der Waals surface area (Å²) >= 11 is 5.54. The molecule has 0 atom stereocenters. The van der Waals surface area contributed by atoms with Crippen molar-refractivity contribution in [3.8, 4) is 0 Å². The Morgan fingerprint density at radius 1 is 1.47 bits per heavy atom. The summed E-state index contributed by atoms with van der Waals surface area (Å²) in [5.74, 6) is 0.756. The molecule has 5 heteroatoms. The van der Waals surface area contributed by atoms with Crippen molar-refractivity contribution in [3.05, 3.63) is 17.5 Å². The molecule has 1 aromatic heterocycles. The second kappa shape index (κ2) is 8.12. The molecule has 1 heterocycles. The van der Waals surface area contributed by atoms with Crippen LogP contribution in [0.15, 0.2) is 6.20 Å². The normalized spacial score (nSPS) is 10.5. The molecule has 1 aromatic rings. The lowest BCUT2D eigenvalue weighted by molar-refractivity contribution is -0.121. The Bertz CT molecular complexity index is 338. The van der Waals surface area contributed by atoms with Gasteiger partial charge >= 0.3 is 0 Å². The van der Waals surface area contributed by atoms with Gasteiger partial charge in [0.25, 0.3) is 0 Å². The highest BCUT2D eigenvalue weighted by atomic mass is 35.5. The van der Waals surface area contributed by atoms with Crippen molar-refractivity contribution < 1.29 is 4.79 Å². The van der Waals surface area contributed by atoms with Crippen LogP contribution in [0.4, 0.5) is 0 Å². The molecular weight excluding hydrogens is 238 g/mol. The highest BCUT2D eigenvalue weighted by Crippen LogP contribution is 2.05. The fourth-order valence-corrected chi connectivity index (χ4v) is 1.79. The van der Waals surface area contributed by atoms with E-state index in [0.717, 1.165) is 37.9 Å². The summed E-state index contributed by atoms with van der Waals surface area (Å²) in [6.07, 6.45) is 6.10. The second-order valence-electron chi connectivity index (χ2n) is 4.12. The fourth-order valence-electron chi connectivity index (χ4n) is 1.60. The molecule has 0 aliphatic carbocycles. The van der Waals surface area contributed by atoms with Gasteiger partial charge in [-0.2, -0.15) is 5.10 Å². The van der Waals surface area contributed by atoms with Gasteiger partial charge in [0.1, 0.15) is 0 Å². The number of nitrogens with zero attached hydrogens (tertiary/aromatic N) is 1. The number of H-pyrrole nitrogens is 1. The molecule has 96 valence electrons. The minimum Gasteiger partial charge on any atom is -0.356 e. The average Bonchev–Trinajstić information content (AvgIpc) is 2.71. The molecule has 0 fully saturated rings. The molecule has 2 N–H and O–H groups in total. The largest absolute Gasteiger partial charge is 0.356 e. The van der Waals surface area contributed by atoms with Gasteiger partial charge in [0.15, 0.2) is 0 Å². The number of aryl methyl sites for hydroxylation is 2. The fraction of sp³-hybridized carbons (Fsp3) is 0.667. The van der Waals surface area contributed by atoms with Crippen LogP contribution in [0.25, 0.3) is 0 Å². The first-order chi connectivity index (χ1) is 8.24. The summed E-state index contributed by atoms with van der Waals surface area (Å²) in [5, 5.41) is 9.77. The molecule has 0 saturated heterocycles. The summed E-state index contributed by atoms with van der Waals surface area (Å²) in [4.78, 5) is 11.4. The molecule has 0 unspecified atom stereocenters. The highest BCUT2D eigenvalue weighted by Gasteiger charge is 2.02. The van der Waals surface area contributed by atoms with Crippen molar-refractivity contribution in [3.63, 3.8) is 0 Å². The van der Waals surface area contributed by atoms with Crippen LogP contribution in [0.1, 0.15) is 36.9 Å². The number of alkyl halides is 1. The Kier molecular flexibility index (Phi) is 6.70. The van der Waals surface area contributed by atoms with E-state index in [1.165, 1.54) is 5.56 Å². The average molecular weight is 258 g/mol. The maximum atomic E-state index is 11.4. The van der Waals surface area contributed by atoms with Gasteiger partial charge in [-0.15, -0.1) is 11.6 Å². The first-order valence-corrected chi connectivity index (χ1v) is 6.59. The van der Waals surface area contributed by atoms with Gasteiger partial charge in [0.05, 0.1) is 6.20 Å². The molecule has 0 spiro atoms. The van der Waals surface area contributed by atoms with Gasteiger partial charge < -0.3 is 5.32 Å². The minimum absolute atomic E-state index is 0.124. The van der Waals surface area contributed by atoms with Crippen LogP contribution in [0, 0.1) is 6.92 Å². The quantitative estimate of drug-likeness (QED) is 0.554. The van der Waals surface area contributed by atoms with Gasteiger partial charge in [-0.25, -0.2) is 0 Å². The van der Waals surface area contributed by atoms with E-state index in [2.05, 4.69) is 15.5 Å². The standard InChI is InChI=1S/C12H20ClN3O/c1-10-11(9-15-16-10)5-4-8-14-12(17)6-2-3-7-13/h9H,2-8H2,1H3,(H,14,17)(H,15,16). The number of nitrogens with one attached hydrogen (secondary N) is 2. The molecule has 0 bridgehead atoms. The number of carbonyl (C=O) groups is 1. The molecule has 0 radical (unpaired) electrons. The van der Waals surface area contributed by atoms with Crippen molar-refractivity contribution >= 4 is 17.5 Å². The van der Waals surface area contributed by atoms with Crippen molar-refractivity contribution in [2.45, 2.75) is 39.0 Å². The van der Waals surface area contributed by atoms with E-state index in [-0.39, 0.29) is 5.91 Å². The summed E-state index contributed by atoms with van der Waals surface area (Å²) in [5.41, 5.74) is 2.33. The first kappa shape index (κ1) is 14.0. The molecule has 1 amide bonds. The number of carbonyl (C=O) groups excluding carboxylic acids is 1. The van der Waals surface area contributed by atoms with E-state index in [1.807, 2.05) is 13.1 Å². The third-order valence-electron chi connectivity index (χ3n) is 2.67. The van der Waals surface area contributed by atoms with Gasteiger partial charge in [0.2, 0.25) is 5.91 Å². The van der Waals surface area contributed by atoms with E-state index < -0.39 is 0 Å². The zero-order chi connectivity index (χ0) is 12.5. The van der Waals surface area contributed by atoms with Crippen LogP contribution in [0.3, 0.4) is 0 Å². The predicted octanol–water partition coefficient (Wildman–Crippen LogP) is 2.18. The van der Waals surface area contributed by atoms with E-state index in [9.17, 15) is 4.79 Å². The molecule has 0 aliphatic rings. The molecule has 1 rings (SSSR count). The Labute approximate surface area is 107 Å². The maximum Gasteiger partial charge on any atom is 0.219 e.